The van der Waals surface area contributed by atoms with Gasteiger partial charge in [0, 0.05) is 11.6 Å². The Morgan fingerprint density at radius 2 is 1.67 bits per heavy atom. The highest BCUT2D eigenvalue weighted by molar-refractivity contribution is 5.74. The third-order valence-corrected chi connectivity index (χ3v) is 5.59. The summed E-state index contributed by atoms with van der Waals surface area (Å²) in [6, 6.07) is 13.3. The van der Waals surface area contributed by atoms with Crippen molar-refractivity contribution in [3.8, 4) is 29.1 Å². The highest BCUT2D eigenvalue weighted by Gasteiger charge is 2.32. The maximum Gasteiger partial charge on any atom is 0.349 e. The van der Waals surface area contributed by atoms with Crippen LogP contribution in [0.25, 0.3) is 0 Å². The Morgan fingerprint density at radius 3 is 2.33 bits per heavy atom. The molecular weight excluding hydrogens is 527 g/mol. The molecule has 4 rings (SSSR count). The van der Waals surface area contributed by atoms with Gasteiger partial charge in [-0.2, -0.15) is 14.0 Å². The molecule has 1 atom stereocenters. The Morgan fingerprint density at radius 1 is 0.974 bits per heavy atom. The van der Waals surface area contributed by atoms with E-state index >= 15 is 0 Å². The normalized spacial score (nSPS) is 14.2. The van der Waals surface area contributed by atoms with Crippen LogP contribution in [0.4, 0.5) is 22.0 Å². The van der Waals surface area contributed by atoms with Crippen LogP contribution in [0.1, 0.15) is 30.4 Å². The molecule has 1 heterocycles. The monoisotopic (exact) mass is 546 g/mol. The summed E-state index contributed by atoms with van der Waals surface area (Å²) < 4.78 is 88.2. The number of nitriles is 1. The molecule has 0 amide bonds. The third-order valence-electron chi connectivity index (χ3n) is 5.59. The molecule has 0 aliphatic carbocycles. The number of nitrogens with zero attached hydrogens (tertiary/aromatic N) is 1. The Hall–Kier alpha value is -4.79. The fraction of sp³-hybridized carbons (Fsp3) is 0.185. The summed E-state index contributed by atoms with van der Waals surface area (Å²) in [6.07, 6.45) is 0.800. The molecule has 0 saturated carbocycles. The van der Waals surface area contributed by atoms with E-state index < -0.39 is 53.3 Å². The number of hydrogen-bond donors (Lipinski definition) is 1. The Labute approximate surface area is 218 Å². The first-order valence-corrected chi connectivity index (χ1v) is 11.4. The smallest absolute Gasteiger partial charge is 0.349 e. The standard InChI is InChI=1S/C27H19F5N2O5/c1-2-8-36-14-5-3-4-13(9-14)20-16-7-6-15(10-18(16)39-27(34)17(20)11-33)38-19(35)12-37-26-24(31)22(29)21(28)23(30)25(26)32/h3-7,9-10,20H,2,8,12,34H2,1H3. The molecule has 12 heteroatoms. The van der Waals surface area contributed by atoms with Gasteiger partial charge in [-0.3, -0.25) is 0 Å². The van der Waals surface area contributed by atoms with Crippen LogP contribution in [0, 0.1) is 40.4 Å². The zero-order valence-electron chi connectivity index (χ0n) is 20.2. The minimum absolute atomic E-state index is 0.105. The number of ether oxygens (including phenoxy) is 4. The van der Waals surface area contributed by atoms with Gasteiger partial charge in [0.25, 0.3) is 0 Å². The summed E-state index contributed by atoms with van der Waals surface area (Å²) >= 11 is 0. The van der Waals surface area contributed by atoms with E-state index in [1.54, 1.807) is 24.3 Å². The van der Waals surface area contributed by atoms with Crippen LogP contribution < -0.4 is 24.7 Å². The van der Waals surface area contributed by atoms with Gasteiger partial charge in [-0.15, -0.1) is 0 Å². The predicted octanol–water partition coefficient (Wildman–Crippen LogP) is 5.37. The number of halogens is 5. The predicted molar refractivity (Wildman–Crippen MR) is 125 cm³/mol. The maximum absolute atomic E-state index is 13.8. The zero-order valence-corrected chi connectivity index (χ0v) is 20.2. The first-order chi connectivity index (χ1) is 18.7. The van der Waals surface area contributed by atoms with Crippen LogP contribution >= 0.6 is 0 Å². The lowest BCUT2D eigenvalue weighted by Gasteiger charge is -2.27. The van der Waals surface area contributed by atoms with Gasteiger partial charge in [-0.05, 0) is 30.2 Å². The number of benzene rings is 3. The minimum atomic E-state index is -2.36. The lowest BCUT2D eigenvalue weighted by molar-refractivity contribution is -0.136. The lowest BCUT2D eigenvalue weighted by Crippen LogP contribution is -2.22. The largest absolute Gasteiger partial charge is 0.494 e. The quantitative estimate of drug-likeness (QED) is 0.133. The van der Waals surface area contributed by atoms with Gasteiger partial charge in [-0.25, -0.2) is 18.0 Å². The number of carbonyl (C=O) groups excluding carboxylic acids is 1. The summed E-state index contributed by atoms with van der Waals surface area (Å²) in [4.78, 5) is 12.2. The summed E-state index contributed by atoms with van der Waals surface area (Å²) in [7, 11) is 0. The van der Waals surface area contributed by atoms with Gasteiger partial charge in [0.15, 0.2) is 12.4 Å². The van der Waals surface area contributed by atoms with Crippen molar-refractivity contribution in [2.45, 2.75) is 19.3 Å². The minimum Gasteiger partial charge on any atom is -0.494 e. The number of allylic oxidation sites excluding steroid dienone is 1. The molecule has 2 N–H and O–H groups in total. The highest BCUT2D eigenvalue weighted by atomic mass is 19.2. The molecule has 3 aromatic carbocycles. The van der Waals surface area contributed by atoms with Gasteiger partial charge in [0.2, 0.25) is 35.0 Å². The number of fused-ring (bicyclic) bond motifs is 1. The van der Waals surface area contributed by atoms with Gasteiger partial charge >= 0.3 is 5.97 Å². The lowest BCUT2D eigenvalue weighted by atomic mass is 9.83. The van der Waals surface area contributed by atoms with Crippen molar-refractivity contribution < 1.29 is 45.7 Å². The summed E-state index contributed by atoms with van der Waals surface area (Å²) in [5, 5.41) is 9.74. The van der Waals surface area contributed by atoms with E-state index in [-0.39, 0.29) is 23.0 Å². The molecular formula is C27H19F5N2O5. The van der Waals surface area contributed by atoms with E-state index in [0.29, 0.717) is 23.5 Å². The number of nitrogens with two attached hydrogens (primary N) is 1. The molecule has 0 fully saturated rings. The van der Waals surface area contributed by atoms with Crippen molar-refractivity contribution in [3.05, 3.63) is 94.1 Å². The van der Waals surface area contributed by atoms with Crippen LogP contribution in [-0.2, 0) is 4.79 Å². The van der Waals surface area contributed by atoms with E-state index in [1.165, 1.54) is 18.2 Å². The van der Waals surface area contributed by atoms with Crippen molar-refractivity contribution in [2.24, 2.45) is 5.73 Å². The van der Waals surface area contributed by atoms with Crippen LogP contribution in [0.15, 0.2) is 53.9 Å². The van der Waals surface area contributed by atoms with Gasteiger partial charge in [-0.1, -0.05) is 25.1 Å². The third kappa shape index (κ3) is 5.43. The Kier molecular flexibility index (Phi) is 7.90. The summed E-state index contributed by atoms with van der Waals surface area (Å²) in [5.74, 6) is -14.3. The molecule has 1 aliphatic rings. The molecule has 39 heavy (non-hydrogen) atoms. The van der Waals surface area contributed by atoms with Crippen molar-refractivity contribution >= 4 is 5.97 Å². The van der Waals surface area contributed by atoms with Crippen molar-refractivity contribution in [1.82, 2.24) is 0 Å². The molecule has 7 nitrogen and oxygen atoms in total. The average molecular weight is 546 g/mol. The number of carbonyl (C=O) groups is 1. The summed E-state index contributed by atoms with van der Waals surface area (Å²) in [5.41, 5.74) is 7.35. The van der Waals surface area contributed by atoms with Crippen LogP contribution in [0.2, 0.25) is 0 Å². The Bertz CT molecular complexity index is 1490. The maximum atomic E-state index is 13.8. The second kappa shape index (κ2) is 11.3. The highest BCUT2D eigenvalue weighted by Crippen LogP contribution is 2.44. The molecule has 1 aliphatic heterocycles. The van der Waals surface area contributed by atoms with E-state index in [1.807, 2.05) is 6.92 Å². The fourth-order valence-corrected chi connectivity index (χ4v) is 3.85. The van der Waals surface area contributed by atoms with Crippen molar-refractivity contribution in [2.75, 3.05) is 13.2 Å². The van der Waals surface area contributed by atoms with Gasteiger partial charge in [0.05, 0.1) is 12.5 Å². The first-order valence-electron chi connectivity index (χ1n) is 11.4. The van der Waals surface area contributed by atoms with E-state index in [0.717, 1.165) is 6.42 Å². The van der Waals surface area contributed by atoms with Crippen molar-refractivity contribution in [1.29, 1.82) is 5.26 Å². The van der Waals surface area contributed by atoms with Crippen LogP contribution in [0.3, 0.4) is 0 Å². The van der Waals surface area contributed by atoms with E-state index in [2.05, 4.69) is 10.8 Å². The molecule has 0 saturated heterocycles. The second-order valence-electron chi connectivity index (χ2n) is 8.21. The van der Waals surface area contributed by atoms with Gasteiger partial charge in [0.1, 0.15) is 28.9 Å². The summed E-state index contributed by atoms with van der Waals surface area (Å²) in [6.45, 7) is 1.29. The second-order valence-corrected chi connectivity index (χ2v) is 8.21. The molecule has 3 aromatic rings. The molecule has 1 unspecified atom stereocenters. The average Bonchev–Trinajstić information content (AvgIpc) is 2.93. The molecule has 202 valence electrons. The molecule has 0 aromatic heterocycles. The number of esters is 1. The molecule has 0 bridgehead atoms. The van der Waals surface area contributed by atoms with E-state index in [9.17, 15) is 32.0 Å². The SMILES string of the molecule is CCCOc1cccc(C2C(C#N)=C(N)Oc3cc(OC(=O)COc4c(F)c(F)c(F)c(F)c4F)ccc32)c1. The fourth-order valence-electron chi connectivity index (χ4n) is 3.85. The Balaban J connectivity index is 1.55. The topological polar surface area (TPSA) is 104 Å². The van der Waals surface area contributed by atoms with Crippen LogP contribution in [-0.4, -0.2) is 19.2 Å². The van der Waals surface area contributed by atoms with Crippen molar-refractivity contribution in [3.63, 3.8) is 0 Å². The van der Waals surface area contributed by atoms with E-state index in [4.69, 9.17) is 19.9 Å². The first kappa shape index (κ1) is 27.3. The zero-order chi connectivity index (χ0) is 28.3. The van der Waals surface area contributed by atoms with Gasteiger partial charge < -0.3 is 24.7 Å². The number of hydrogen-bond acceptors (Lipinski definition) is 7. The molecule has 0 spiro atoms. The molecule has 0 radical (unpaired) electrons. The number of rotatable bonds is 8. The van der Waals surface area contributed by atoms with Crippen LogP contribution in [0.5, 0.6) is 23.0 Å².